The molecule has 0 aliphatic heterocycles. The lowest BCUT2D eigenvalue weighted by molar-refractivity contribution is 0.760. The average molecular weight is 330 g/mol. The van der Waals surface area contributed by atoms with Crippen LogP contribution in [0.2, 0.25) is 0 Å². The second kappa shape index (κ2) is 5.25. The number of rotatable bonds is 2. The van der Waals surface area contributed by atoms with E-state index in [-0.39, 0.29) is 0 Å². The van der Waals surface area contributed by atoms with Crippen molar-refractivity contribution in [2.75, 3.05) is 5.32 Å². The third-order valence-electron chi connectivity index (χ3n) is 4.20. The molecule has 0 radical (unpaired) electrons. The van der Waals surface area contributed by atoms with E-state index in [0.29, 0.717) is 6.04 Å². The summed E-state index contributed by atoms with van der Waals surface area (Å²) in [5.41, 5.74) is 8.22. The van der Waals surface area contributed by atoms with Crippen molar-refractivity contribution in [1.29, 1.82) is 0 Å². The van der Waals surface area contributed by atoms with Crippen molar-refractivity contribution in [2.24, 2.45) is 0 Å². The highest BCUT2D eigenvalue weighted by Crippen LogP contribution is 2.36. The molecule has 0 fully saturated rings. The van der Waals surface area contributed by atoms with E-state index in [4.69, 9.17) is 0 Å². The van der Waals surface area contributed by atoms with E-state index in [2.05, 4.69) is 72.3 Å². The number of halogens is 1. The summed E-state index contributed by atoms with van der Waals surface area (Å²) in [6, 6.07) is 11.7. The lowest BCUT2D eigenvalue weighted by Crippen LogP contribution is -2.09. The zero-order valence-corrected chi connectivity index (χ0v) is 13.8. The fraction of sp³-hybridized carbons (Fsp3) is 0.333. The smallest absolute Gasteiger partial charge is 0.0520 e. The Hall–Kier alpha value is -1.28. The SMILES string of the molecule is Cc1ccc2c(c1)C(Nc1c(C)cc(Br)cc1C)CC2. The van der Waals surface area contributed by atoms with Crippen LogP contribution in [0, 0.1) is 20.8 Å². The molecule has 0 heterocycles. The first-order valence-corrected chi connectivity index (χ1v) is 7.96. The summed E-state index contributed by atoms with van der Waals surface area (Å²) in [7, 11) is 0. The van der Waals surface area contributed by atoms with E-state index in [1.54, 1.807) is 0 Å². The number of fused-ring (bicyclic) bond motifs is 1. The van der Waals surface area contributed by atoms with E-state index >= 15 is 0 Å². The van der Waals surface area contributed by atoms with Crippen molar-refractivity contribution in [2.45, 2.75) is 39.7 Å². The van der Waals surface area contributed by atoms with Gasteiger partial charge in [0.05, 0.1) is 6.04 Å². The molecule has 0 spiro atoms. The van der Waals surface area contributed by atoms with Crippen molar-refractivity contribution >= 4 is 21.6 Å². The molecule has 2 aromatic carbocycles. The van der Waals surface area contributed by atoms with Crippen LogP contribution in [0.4, 0.5) is 5.69 Å². The van der Waals surface area contributed by atoms with Gasteiger partial charge in [0.1, 0.15) is 0 Å². The molecule has 2 aromatic rings. The molecular weight excluding hydrogens is 310 g/mol. The maximum absolute atomic E-state index is 3.77. The summed E-state index contributed by atoms with van der Waals surface area (Å²) in [5, 5.41) is 3.77. The second-order valence-corrected chi connectivity index (χ2v) is 6.77. The third-order valence-corrected chi connectivity index (χ3v) is 4.65. The Morgan fingerprint density at radius 3 is 2.45 bits per heavy atom. The third kappa shape index (κ3) is 2.49. The largest absolute Gasteiger partial charge is 0.378 e. The fourth-order valence-corrected chi connectivity index (χ4v) is 3.87. The first kappa shape index (κ1) is 13.7. The molecule has 1 atom stereocenters. The van der Waals surface area contributed by atoms with E-state index in [1.807, 2.05) is 0 Å². The molecular formula is C18H20BrN. The quantitative estimate of drug-likeness (QED) is 0.769. The molecule has 104 valence electrons. The van der Waals surface area contributed by atoms with Crippen LogP contribution in [0.3, 0.4) is 0 Å². The van der Waals surface area contributed by atoms with Crippen LogP contribution in [0.15, 0.2) is 34.8 Å². The molecule has 1 unspecified atom stereocenters. The van der Waals surface area contributed by atoms with E-state index in [1.165, 1.54) is 46.3 Å². The monoisotopic (exact) mass is 329 g/mol. The van der Waals surface area contributed by atoms with E-state index in [0.717, 1.165) is 4.47 Å². The van der Waals surface area contributed by atoms with Gasteiger partial charge in [0, 0.05) is 10.2 Å². The maximum atomic E-state index is 3.77. The Bertz CT molecular complexity index is 637. The van der Waals surface area contributed by atoms with Crippen LogP contribution >= 0.6 is 15.9 Å². The number of hydrogen-bond acceptors (Lipinski definition) is 1. The molecule has 0 amide bonds. The number of anilines is 1. The number of aryl methyl sites for hydroxylation is 4. The molecule has 20 heavy (non-hydrogen) atoms. The van der Waals surface area contributed by atoms with E-state index in [9.17, 15) is 0 Å². The molecule has 2 heteroatoms. The van der Waals surface area contributed by atoms with Gasteiger partial charge in [-0.15, -0.1) is 0 Å². The van der Waals surface area contributed by atoms with Gasteiger partial charge in [0.25, 0.3) is 0 Å². The number of hydrogen-bond donors (Lipinski definition) is 1. The van der Waals surface area contributed by atoms with Crippen LogP contribution in [0.1, 0.15) is 40.3 Å². The zero-order valence-electron chi connectivity index (χ0n) is 12.3. The molecule has 1 N–H and O–H groups in total. The minimum absolute atomic E-state index is 0.448. The minimum atomic E-state index is 0.448. The van der Waals surface area contributed by atoms with Crippen molar-refractivity contribution in [1.82, 2.24) is 0 Å². The highest BCUT2D eigenvalue weighted by molar-refractivity contribution is 9.10. The Morgan fingerprint density at radius 2 is 1.75 bits per heavy atom. The van der Waals surface area contributed by atoms with Gasteiger partial charge in [-0.1, -0.05) is 39.7 Å². The van der Waals surface area contributed by atoms with Gasteiger partial charge in [-0.2, -0.15) is 0 Å². The highest BCUT2D eigenvalue weighted by atomic mass is 79.9. The van der Waals surface area contributed by atoms with Crippen LogP contribution in [0.25, 0.3) is 0 Å². The Balaban J connectivity index is 1.93. The van der Waals surface area contributed by atoms with Gasteiger partial charge in [0.2, 0.25) is 0 Å². The summed E-state index contributed by atoms with van der Waals surface area (Å²) in [5.74, 6) is 0. The molecule has 0 aromatic heterocycles. The number of nitrogens with one attached hydrogen (secondary N) is 1. The molecule has 1 aliphatic rings. The van der Waals surface area contributed by atoms with Gasteiger partial charge in [-0.05, 0) is 68.0 Å². The summed E-state index contributed by atoms with van der Waals surface area (Å²) in [6.45, 7) is 6.52. The minimum Gasteiger partial charge on any atom is -0.378 e. The molecule has 0 saturated carbocycles. The lowest BCUT2D eigenvalue weighted by Gasteiger charge is -2.20. The summed E-state index contributed by atoms with van der Waals surface area (Å²) in [6.07, 6.45) is 2.37. The predicted octanol–water partition coefficient (Wildman–Crippen LogP) is 5.47. The normalized spacial score (nSPS) is 17.1. The number of benzene rings is 2. The predicted molar refractivity (Wildman–Crippen MR) is 89.5 cm³/mol. The van der Waals surface area contributed by atoms with Gasteiger partial charge in [-0.25, -0.2) is 0 Å². The van der Waals surface area contributed by atoms with Gasteiger partial charge in [0.15, 0.2) is 0 Å². The Labute approximate surface area is 129 Å². The van der Waals surface area contributed by atoms with Gasteiger partial charge >= 0.3 is 0 Å². The zero-order chi connectivity index (χ0) is 14.3. The molecule has 1 nitrogen and oxygen atoms in total. The molecule has 1 aliphatic carbocycles. The second-order valence-electron chi connectivity index (χ2n) is 5.85. The van der Waals surface area contributed by atoms with Crippen LogP contribution in [-0.4, -0.2) is 0 Å². The maximum Gasteiger partial charge on any atom is 0.0520 e. The molecule has 0 saturated heterocycles. The van der Waals surface area contributed by atoms with E-state index < -0.39 is 0 Å². The first-order chi connectivity index (χ1) is 9.54. The summed E-state index contributed by atoms with van der Waals surface area (Å²) in [4.78, 5) is 0. The van der Waals surface area contributed by atoms with Crippen LogP contribution < -0.4 is 5.32 Å². The average Bonchev–Trinajstić information content (AvgIpc) is 2.76. The van der Waals surface area contributed by atoms with Gasteiger partial charge < -0.3 is 5.32 Å². The first-order valence-electron chi connectivity index (χ1n) is 7.17. The topological polar surface area (TPSA) is 12.0 Å². The summed E-state index contributed by atoms with van der Waals surface area (Å²) >= 11 is 3.57. The van der Waals surface area contributed by atoms with Gasteiger partial charge in [-0.3, -0.25) is 0 Å². The van der Waals surface area contributed by atoms with Crippen LogP contribution in [0.5, 0.6) is 0 Å². The van der Waals surface area contributed by atoms with Crippen molar-refractivity contribution in [3.05, 3.63) is 62.6 Å². The summed E-state index contributed by atoms with van der Waals surface area (Å²) < 4.78 is 1.15. The standard InChI is InChI=1S/C18H20BrN/c1-11-4-5-14-6-7-17(16(14)8-11)20-18-12(2)9-15(19)10-13(18)3/h4-5,8-10,17,20H,6-7H2,1-3H3. The van der Waals surface area contributed by atoms with Crippen LogP contribution in [-0.2, 0) is 6.42 Å². The van der Waals surface area contributed by atoms with Crippen molar-refractivity contribution < 1.29 is 0 Å². The highest BCUT2D eigenvalue weighted by Gasteiger charge is 2.23. The lowest BCUT2D eigenvalue weighted by atomic mass is 10.0. The molecule has 0 bridgehead atoms. The fourth-order valence-electron chi connectivity index (χ4n) is 3.18. The molecule has 3 rings (SSSR count). The van der Waals surface area contributed by atoms with Crippen molar-refractivity contribution in [3.8, 4) is 0 Å². The van der Waals surface area contributed by atoms with Crippen molar-refractivity contribution in [3.63, 3.8) is 0 Å². The Morgan fingerprint density at radius 1 is 1.05 bits per heavy atom. The Kier molecular flexibility index (Phi) is 3.59.